The fourth-order valence-electron chi connectivity index (χ4n) is 2.15. The van der Waals surface area contributed by atoms with Crippen molar-refractivity contribution in [2.45, 2.75) is 54.4 Å². The fourth-order valence-corrected chi connectivity index (χ4v) is 2.15. The van der Waals surface area contributed by atoms with Crippen molar-refractivity contribution in [2.75, 3.05) is 5.73 Å². The molecule has 2 nitrogen and oxygen atoms in total. The summed E-state index contributed by atoms with van der Waals surface area (Å²) in [6, 6.07) is 6.60. The maximum Gasteiger partial charge on any atom is 0.124 e. The number of anilines is 1. The molecule has 3 heteroatoms. The second-order valence-corrected chi connectivity index (χ2v) is 4.92. The van der Waals surface area contributed by atoms with Gasteiger partial charge in [-0.05, 0) is 54.2 Å². The third-order valence-electron chi connectivity index (χ3n) is 3.12. The summed E-state index contributed by atoms with van der Waals surface area (Å²) in [5.41, 5.74) is 9.79. The molecule has 1 heterocycles. The molecule has 0 radical (unpaired) electrons. The highest BCUT2D eigenvalue weighted by molar-refractivity contribution is 5.79. The summed E-state index contributed by atoms with van der Waals surface area (Å²) in [6.45, 7) is 13.7. The Balaban J connectivity index is 0.00000123. The lowest BCUT2D eigenvalue weighted by atomic mass is 9.94. The van der Waals surface area contributed by atoms with Gasteiger partial charge in [-0.1, -0.05) is 47.5 Å². The standard InChI is InChI=1S/C17H17FN2.2C2H6/c1-4-5-14-8-12(6-7-20-14)16-10-13(18)9-15(11(2)3)17(16)19;2*1-2/h6-11H,19H2,1-3H3;2*1-2H3. The van der Waals surface area contributed by atoms with E-state index in [0.29, 0.717) is 16.9 Å². The molecule has 2 rings (SSSR count). The van der Waals surface area contributed by atoms with Gasteiger partial charge in [-0.3, -0.25) is 0 Å². The van der Waals surface area contributed by atoms with Crippen LogP contribution in [0.1, 0.15) is 65.6 Å². The van der Waals surface area contributed by atoms with Crippen LogP contribution >= 0.6 is 0 Å². The van der Waals surface area contributed by atoms with Gasteiger partial charge in [0, 0.05) is 17.4 Å². The van der Waals surface area contributed by atoms with E-state index in [1.807, 2.05) is 53.7 Å². The van der Waals surface area contributed by atoms with Crippen LogP contribution in [0.25, 0.3) is 11.1 Å². The van der Waals surface area contributed by atoms with E-state index in [1.54, 1.807) is 13.1 Å². The molecule has 0 aliphatic rings. The number of nitrogen functional groups attached to an aromatic ring is 1. The number of aromatic nitrogens is 1. The van der Waals surface area contributed by atoms with E-state index in [-0.39, 0.29) is 11.7 Å². The second-order valence-electron chi connectivity index (χ2n) is 4.92. The number of halogens is 1. The normalized spacial score (nSPS) is 9.04. The number of benzene rings is 1. The lowest BCUT2D eigenvalue weighted by Crippen LogP contribution is -2.01. The summed E-state index contributed by atoms with van der Waals surface area (Å²) in [5.74, 6) is 5.58. The minimum atomic E-state index is -0.280. The average Bonchev–Trinajstić information content (AvgIpc) is 2.60. The molecule has 0 atom stereocenters. The smallest absolute Gasteiger partial charge is 0.124 e. The topological polar surface area (TPSA) is 38.9 Å². The highest BCUT2D eigenvalue weighted by Gasteiger charge is 2.13. The van der Waals surface area contributed by atoms with E-state index in [0.717, 1.165) is 11.1 Å². The van der Waals surface area contributed by atoms with Crippen LogP contribution in [0.15, 0.2) is 30.5 Å². The van der Waals surface area contributed by atoms with Gasteiger partial charge in [0.2, 0.25) is 0 Å². The number of hydrogen-bond donors (Lipinski definition) is 1. The van der Waals surface area contributed by atoms with E-state index in [2.05, 4.69) is 16.8 Å². The molecule has 0 spiro atoms. The Kier molecular flexibility index (Phi) is 10.1. The highest BCUT2D eigenvalue weighted by Crippen LogP contribution is 2.33. The zero-order chi connectivity index (χ0) is 18.7. The van der Waals surface area contributed by atoms with Crippen molar-refractivity contribution in [2.24, 2.45) is 0 Å². The summed E-state index contributed by atoms with van der Waals surface area (Å²) < 4.78 is 13.8. The second kappa shape index (κ2) is 11.2. The van der Waals surface area contributed by atoms with Crippen molar-refractivity contribution in [3.05, 3.63) is 47.5 Å². The summed E-state index contributed by atoms with van der Waals surface area (Å²) in [4.78, 5) is 4.16. The molecular formula is C21H29FN2. The molecular weight excluding hydrogens is 299 g/mol. The van der Waals surface area contributed by atoms with Gasteiger partial charge in [-0.15, -0.1) is 0 Å². The predicted molar refractivity (Wildman–Crippen MR) is 103 cm³/mol. The number of hydrogen-bond acceptors (Lipinski definition) is 2. The number of nitrogens with two attached hydrogens (primary N) is 1. The van der Waals surface area contributed by atoms with Crippen molar-refractivity contribution in [3.63, 3.8) is 0 Å². The molecule has 24 heavy (non-hydrogen) atoms. The van der Waals surface area contributed by atoms with Crippen LogP contribution in [-0.4, -0.2) is 4.98 Å². The predicted octanol–water partition coefficient (Wildman–Crippen LogP) is 6.02. The van der Waals surface area contributed by atoms with Crippen LogP contribution in [0.4, 0.5) is 10.1 Å². The van der Waals surface area contributed by atoms with Crippen LogP contribution in [0.5, 0.6) is 0 Å². The lowest BCUT2D eigenvalue weighted by molar-refractivity contribution is 0.624. The molecule has 0 fully saturated rings. The quantitative estimate of drug-likeness (QED) is 0.541. The van der Waals surface area contributed by atoms with Crippen LogP contribution < -0.4 is 5.73 Å². The Bertz CT molecular complexity index is 695. The molecule has 1 aromatic carbocycles. The van der Waals surface area contributed by atoms with E-state index >= 15 is 0 Å². The van der Waals surface area contributed by atoms with Gasteiger partial charge in [0.15, 0.2) is 0 Å². The largest absolute Gasteiger partial charge is 0.398 e. The third-order valence-corrected chi connectivity index (χ3v) is 3.12. The van der Waals surface area contributed by atoms with Gasteiger partial charge in [0.1, 0.15) is 11.5 Å². The van der Waals surface area contributed by atoms with E-state index < -0.39 is 0 Å². The molecule has 0 aliphatic carbocycles. The van der Waals surface area contributed by atoms with Crippen LogP contribution in [0.2, 0.25) is 0 Å². The van der Waals surface area contributed by atoms with E-state index in [4.69, 9.17) is 5.73 Å². The number of rotatable bonds is 2. The zero-order valence-corrected chi connectivity index (χ0v) is 15.9. The van der Waals surface area contributed by atoms with Crippen molar-refractivity contribution in [3.8, 4) is 23.0 Å². The van der Waals surface area contributed by atoms with Gasteiger partial charge < -0.3 is 5.73 Å². The van der Waals surface area contributed by atoms with Gasteiger partial charge in [-0.2, -0.15) is 0 Å². The Morgan fingerprint density at radius 2 is 1.71 bits per heavy atom. The molecule has 0 unspecified atom stereocenters. The zero-order valence-electron chi connectivity index (χ0n) is 15.9. The fraction of sp³-hybridized carbons (Fsp3) is 0.381. The van der Waals surface area contributed by atoms with Gasteiger partial charge >= 0.3 is 0 Å². The van der Waals surface area contributed by atoms with Crippen molar-refractivity contribution < 1.29 is 4.39 Å². The van der Waals surface area contributed by atoms with Crippen molar-refractivity contribution in [1.82, 2.24) is 4.98 Å². The molecule has 2 N–H and O–H groups in total. The Morgan fingerprint density at radius 3 is 2.25 bits per heavy atom. The van der Waals surface area contributed by atoms with Gasteiger partial charge in [0.05, 0.1) is 0 Å². The first-order valence-electron chi connectivity index (χ1n) is 8.51. The summed E-state index contributed by atoms with van der Waals surface area (Å²) in [6.07, 6.45) is 1.66. The number of pyridine rings is 1. The molecule has 0 bridgehead atoms. The van der Waals surface area contributed by atoms with Crippen molar-refractivity contribution >= 4 is 5.69 Å². The molecule has 2 aromatic rings. The molecule has 130 valence electrons. The number of nitrogens with zero attached hydrogens (tertiary/aromatic N) is 1. The molecule has 0 saturated heterocycles. The van der Waals surface area contributed by atoms with Crippen LogP contribution in [0.3, 0.4) is 0 Å². The Morgan fingerprint density at radius 1 is 1.08 bits per heavy atom. The summed E-state index contributed by atoms with van der Waals surface area (Å²) >= 11 is 0. The minimum absolute atomic E-state index is 0.168. The maximum absolute atomic E-state index is 13.8. The monoisotopic (exact) mass is 328 g/mol. The summed E-state index contributed by atoms with van der Waals surface area (Å²) in [7, 11) is 0. The van der Waals surface area contributed by atoms with E-state index in [1.165, 1.54) is 12.1 Å². The summed E-state index contributed by atoms with van der Waals surface area (Å²) in [5, 5.41) is 0. The lowest BCUT2D eigenvalue weighted by Gasteiger charge is -2.14. The van der Waals surface area contributed by atoms with Gasteiger partial charge in [0.25, 0.3) is 0 Å². The first-order chi connectivity index (χ1) is 11.5. The van der Waals surface area contributed by atoms with Crippen LogP contribution in [0, 0.1) is 17.7 Å². The molecule has 1 aromatic heterocycles. The molecule has 0 amide bonds. The average molecular weight is 328 g/mol. The van der Waals surface area contributed by atoms with Gasteiger partial charge in [-0.25, -0.2) is 9.37 Å². The minimum Gasteiger partial charge on any atom is -0.398 e. The van der Waals surface area contributed by atoms with Crippen molar-refractivity contribution in [1.29, 1.82) is 0 Å². The first-order valence-corrected chi connectivity index (χ1v) is 8.51. The SMILES string of the molecule is CC.CC.CC#Cc1cc(-c2cc(F)cc(C(C)C)c2N)ccn1. The molecule has 0 saturated carbocycles. The Hall–Kier alpha value is -2.34. The third kappa shape index (κ3) is 5.70. The van der Waals surface area contributed by atoms with E-state index in [9.17, 15) is 4.39 Å². The maximum atomic E-state index is 13.8. The highest BCUT2D eigenvalue weighted by atomic mass is 19.1. The Labute approximate surface area is 146 Å². The molecule has 0 aliphatic heterocycles. The van der Waals surface area contributed by atoms with Crippen LogP contribution in [-0.2, 0) is 0 Å². The first kappa shape index (κ1) is 21.7.